The van der Waals surface area contributed by atoms with Crippen molar-refractivity contribution >= 4 is 30.3 Å². The number of hydrogen-bond donors (Lipinski definition) is 0. The third-order valence-corrected chi connectivity index (χ3v) is 12.3. The van der Waals surface area contributed by atoms with Crippen molar-refractivity contribution in [2.24, 2.45) is 5.41 Å². The minimum atomic E-state index is -2.10. The zero-order valence-corrected chi connectivity index (χ0v) is 24.6. The third kappa shape index (κ3) is 6.15. The van der Waals surface area contributed by atoms with Crippen molar-refractivity contribution in [2.75, 3.05) is 13.2 Å². The minimum Gasteiger partial charge on any atom is -0.405 e. The Morgan fingerprint density at radius 3 is 2.35 bits per heavy atom. The van der Waals surface area contributed by atoms with Crippen LogP contribution in [0.15, 0.2) is 46.0 Å². The molecule has 1 unspecified atom stereocenters. The fraction of sp³-hybridized carbons (Fsp3) is 0.586. The summed E-state index contributed by atoms with van der Waals surface area (Å²) in [5.41, 5.74) is 3.52. The number of unbranched alkanes of at least 4 members (excludes halogenated alkanes) is 2. The van der Waals surface area contributed by atoms with E-state index < -0.39 is 14.1 Å². The topological polar surface area (TPSA) is 27.7 Å². The third-order valence-electron chi connectivity index (χ3n) is 7.18. The molecule has 34 heavy (non-hydrogen) atoms. The average Bonchev–Trinajstić information content (AvgIpc) is 3.37. The zero-order valence-electron chi connectivity index (χ0n) is 22.0. The van der Waals surface area contributed by atoms with E-state index in [1.54, 1.807) is 0 Å². The molecule has 5 heteroatoms. The van der Waals surface area contributed by atoms with E-state index in [0.29, 0.717) is 13.2 Å². The number of rotatable bonds is 9. The molecule has 1 aromatic rings. The molecule has 0 radical (unpaired) electrons. The highest BCUT2D eigenvalue weighted by molar-refractivity contribution is 9.11. The highest BCUT2D eigenvalue weighted by Gasteiger charge is 2.62. The summed E-state index contributed by atoms with van der Waals surface area (Å²) in [6, 6.07) is 10.4. The standard InChI is InChI=1S/C29H41BrO3Si/c1-9-10-11-15-18-23-25(29(23)31-20-28(5,6)21-32-29)26(33-34(7,8)27(2,3)4)24(30)19-22-16-13-12-14-17-22/h1,12-14,16-17,19,26H,10-11,15,18,20-21H2,2-8H3/b24-19-. The average molecular weight is 546 g/mol. The Balaban J connectivity index is 1.99. The molecule has 0 aromatic heterocycles. The summed E-state index contributed by atoms with van der Waals surface area (Å²) in [6.45, 7) is 17.1. The van der Waals surface area contributed by atoms with Gasteiger partial charge in [-0.05, 0) is 49.0 Å². The second kappa shape index (κ2) is 10.4. The van der Waals surface area contributed by atoms with Crippen LogP contribution in [0.3, 0.4) is 0 Å². The maximum Gasteiger partial charge on any atom is 0.218 e. The molecule has 0 saturated carbocycles. The predicted molar refractivity (Wildman–Crippen MR) is 148 cm³/mol. The van der Waals surface area contributed by atoms with E-state index in [-0.39, 0.29) is 16.6 Å². The number of hydrogen-bond acceptors (Lipinski definition) is 3. The summed E-state index contributed by atoms with van der Waals surface area (Å²) in [5.74, 6) is 2.02. The fourth-order valence-electron chi connectivity index (χ4n) is 3.99. The number of terminal acetylenes is 1. The quantitative estimate of drug-likeness (QED) is 0.136. The van der Waals surface area contributed by atoms with Crippen molar-refractivity contribution in [1.29, 1.82) is 0 Å². The molecule has 1 atom stereocenters. The Hall–Kier alpha value is -1.16. The van der Waals surface area contributed by atoms with Gasteiger partial charge in [-0.3, -0.25) is 0 Å². The van der Waals surface area contributed by atoms with E-state index in [1.165, 1.54) is 5.57 Å². The van der Waals surface area contributed by atoms with Gasteiger partial charge in [0.15, 0.2) is 8.32 Å². The van der Waals surface area contributed by atoms with Crippen LogP contribution in [0.4, 0.5) is 0 Å². The molecule has 1 spiro atoms. The molecular weight excluding hydrogens is 504 g/mol. The lowest BCUT2D eigenvalue weighted by atomic mass is 9.95. The first-order chi connectivity index (χ1) is 15.8. The molecule has 0 N–H and O–H groups in total. The summed E-state index contributed by atoms with van der Waals surface area (Å²) >= 11 is 3.92. The van der Waals surface area contributed by atoms with Crippen molar-refractivity contribution < 1.29 is 13.9 Å². The van der Waals surface area contributed by atoms with E-state index >= 15 is 0 Å². The van der Waals surface area contributed by atoms with Gasteiger partial charge in [0.05, 0.1) is 13.2 Å². The molecule has 186 valence electrons. The first kappa shape index (κ1) is 27.4. The summed E-state index contributed by atoms with van der Waals surface area (Å²) in [4.78, 5) is 0. The largest absolute Gasteiger partial charge is 0.405 e. The van der Waals surface area contributed by atoms with Gasteiger partial charge in [-0.1, -0.05) is 80.9 Å². The number of halogens is 1. The molecular formula is C29H41BrO3Si. The van der Waals surface area contributed by atoms with E-state index in [4.69, 9.17) is 20.3 Å². The van der Waals surface area contributed by atoms with Gasteiger partial charge in [0.1, 0.15) is 6.10 Å². The molecule has 3 rings (SSSR count). The highest BCUT2D eigenvalue weighted by Crippen LogP contribution is 2.58. The van der Waals surface area contributed by atoms with Crippen LogP contribution in [0.2, 0.25) is 18.1 Å². The lowest BCUT2D eigenvalue weighted by molar-refractivity contribution is -0.236. The molecule has 1 aromatic carbocycles. The van der Waals surface area contributed by atoms with Gasteiger partial charge in [0.25, 0.3) is 0 Å². The number of benzene rings is 1. The van der Waals surface area contributed by atoms with E-state index in [0.717, 1.165) is 41.3 Å². The number of ether oxygens (including phenoxy) is 2. The van der Waals surface area contributed by atoms with Gasteiger partial charge in [0, 0.05) is 27.5 Å². The molecule has 1 saturated heterocycles. The Morgan fingerprint density at radius 2 is 1.79 bits per heavy atom. The van der Waals surface area contributed by atoms with Crippen LogP contribution in [0, 0.1) is 17.8 Å². The first-order valence-electron chi connectivity index (χ1n) is 12.4. The van der Waals surface area contributed by atoms with Crippen molar-refractivity contribution in [3.05, 3.63) is 51.5 Å². The molecule has 1 heterocycles. The second-order valence-electron chi connectivity index (χ2n) is 11.9. The Morgan fingerprint density at radius 1 is 1.18 bits per heavy atom. The first-order valence-corrected chi connectivity index (χ1v) is 16.1. The van der Waals surface area contributed by atoms with Gasteiger partial charge >= 0.3 is 0 Å². The molecule has 1 fully saturated rings. The minimum absolute atomic E-state index is 0.000420. The van der Waals surface area contributed by atoms with E-state index in [2.05, 4.69) is 99.9 Å². The molecule has 2 aliphatic rings. The Labute approximate surface area is 216 Å². The predicted octanol–water partition coefficient (Wildman–Crippen LogP) is 8.09. The zero-order chi connectivity index (χ0) is 25.2. The fourth-order valence-corrected chi connectivity index (χ4v) is 5.93. The van der Waals surface area contributed by atoms with Crippen LogP contribution in [0.1, 0.15) is 65.9 Å². The normalized spacial score (nSPS) is 20.9. The molecule has 0 bridgehead atoms. The SMILES string of the molecule is C#CCCCCC1=C(C(O[Si](C)(C)C(C)(C)C)/C(Br)=C/c2ccccc2)C12OCC(C)(C)CO2. The monoisotopic (exact) mass is 544 g/mol. The van der Waals surface area contributed by atoms with Crippen LogP contribution < -0.4 is 0 Å². The van der Waals surface area contributed by atoms with Gasteiger partial charge < -0.3 is 13.9 Å². The van der Waals surface area contributed by atoms with Crippen molar-refractivity contribution in [3.63, 3.8) is 0 Å². The maximum atomic E-state index is 7.07. The Kier molecular flexibility index (Phi) is 8.43. The maximum absolute atomic E-state index is 7.07. The summed E-state index contributed by atoms with van der Waals surface area (Å²) < 4.78 is 21.1. The van der Waals surface area contributed by atoms with Crippen LogP contribution in [-0.2, 0) is 13.9 Å². The highest BCUT2D eigenvalue weighted by atomic mass is 79.9. The molecule has 1 aliphatic heterocycles. The van der Waals surface area contributed by atoms with Crippen molar-refractivity contribution in [1.82, 2.24) is 0 Å². The lowest BCUT2D eigenvalue weighted by Gasteiger charge is -2.41. The van der Waals surface area contributed by atoms with Gasteiger partial charge in [-0.15, -0.1) is 12.3 Å². The van der Waals surface area contributed by atoms with Gasteiger partial charge in [-0.25, -0.2) is 0 Å². The van der Waals surface area contributed by atoms with E-state index in [1.807, 2.05) is 6.07 Å². The van der Waals surface area contributed by atoms with Crippen LogP contribution >= 0.6 is 15.9 Å². The Bertz CT molecular complexity index is 953. The van der Waals surface area contributed by atoms with Gasteiger partial charge in [-0.2, -0.15) is 0 Å². The van der Waals surface area contributed by atoms with Crippen molar-refractivity contribution in [3.8, 4) is 12.3 Å². The molecule has 0 amide bonds. The second-order valence-corrected chi connectivity index (χ2v) is 17.5. The van der Waals surface area contributed by atoms with Crippen LogP contribution in [0.5, 0.6) is 0 Å². The smallest absolute Gasteiger partial charge is 0.218 e. The molecule has 3 nitrogen and oxygen atoms in total. The van der Waals surface area contributed by atoms with Crippen LogP contribution in [0.25, 0.3) is 6.08 Å². The summed E-state index contributed by atoms with van der Waals surface area (Å²) in [5, 5.41) is 0.0805. The van der Waals surface area contributed by atoms with Crippen molar-refractivity contribution in [2.45, 2.75) is 90.3 Å². The van der Waals surface area contributed by atoms with Crippen LogP contribution in [-0.4, -0.2) is 33.4 Å². The molecule has 1 aliphatic carbocycles. The summed E-state index contributed by atoms with van der Waals surface area (Å²) in [6.07, 6.45) is 11.2. The summed E-state index contributed by atoms with van der Waals surface area (Å²) in [7, 11) is -2.10. The lowest BCUT2D eigenvalue weighted by Crippen LogP contribution is -2.47. The van der Waals surface area contributed by atoms with Gasteiger partial charge in [0.2, 0.25) is 5.79 Å². The van der Waals surface area contributed by atoms with E-state index in [9.17, 15) is 0 Å².